The van der Waals surface area contributed by atoms with E-state index in [4.69, 9.17) is 0 Å². The Morgan fingerprint density at radius 3 is 2.00 bits per heavy atom. The first-order valence-electron chi connectivity index (χ1n) is 6.45. The van der Waals surface area contributed by atoms with Gasteiger partial charge in [0.2, 0.25) is 0 Å². The molecule has 0 aromatic carbocycles. The van der Waals surface area contributed by atoms with Crippen molar-refractivity contribution in [2.45, 2.75) is 73.6 Å². The van der Waals surface area contributed by atoms with Crippen molar-refractivity contribution in [2.75, 3.05) is 0 Å². The molecule has 0 nitrogen and oxygen atoms in total. The fourth-order valence-corrected chi connectivity index (χ4v) is 2.04. The third-order valence-electron chi connectivity index (χ3n) is 3.94. The lowest BCUT2D eigenvalue weighted by Gasteiger charge is -2.32. The zero-order chi connectivity index (χ0) is 11.2. The first-order chi connectivity index (χ1) is 6.45. The largest absolute Gasteiger partial charge is 0.0654 e. The van der Waals surface area contributed by atoms with Crippen molar-refractivity contribution < 1.29 is 0 Å². The molecule has 0 heterocycles. The van der Waals surface area contributed by atoms with Crippen LogP contribution in [0.2, 0.25) is 0 Å². The fraction of sp³-hybridized carbons (Fsp3) is 1.00. The molecule has 0 radical (unpaired) electrons. The molecule has 0 fully saturated rings. The van der Waals surface area contributed by atoms with Crippen LogP contribution in [-0.2, 0) is 0 Å². The average molecular weight is 198 g/mol. The summed E-state index contributed by atoms with van der Waals surface area (Å²) in [6, 6.07) is 0. The normalized spacial score (nSPS) is 18.2. The number of hydrogen-bond acceptors (Lipinski definition) is 0. The van der Waals surface area contributed by atoms with E-state index in [0.717, 1.165) is 11.8 Å². The molecule has 2 atom stereocenters. The van der Waals surface area contributed by atoms with Crippen LogP contribution in [0.3, 0.4) is 0 Å². The highest BCUT2D eigenvalue weighted by Crippen LogP contribution is 2.37. The van der Waals surface area contributed by atoms with Crippen LogP contribution in [0.4, 0.5) is 0 Å². The van der Waals surface area contributed by atoms with Crippen LogP contribution in [0.1, 0.15) is 73.6 Å². The highest BCUT2D eigenvalue weighted by Gasteiger charge is 2.24. The van der Waals surface area contributed by atoms with Crippen molar-refractivity contribution in [3.8, 4) is 0 Å². The third kappa shape index (κ3) is 5.02. The van der Waals surface area contributed by atoms with Crippen LogP contribution < -0.4 is 0 Å². The molecule has 0 aromatic rings. The van der Waals surface area contributed by atoms with Crippen molar-refractivity contribution in [3.05, 3.63) is 0 Å². The van der Waals surface area contributed by atoms with E-state index in [1.165, 1.54) is 32.1 Å². The Hall–Kier alpha value is 0. The summed E-state index contributed by atoms with van der Waals surface area (Å²) >= 11 is 0. The summed E-state index contributed by atoms with van der Waals surface area (Å²) in [7, 11) is 0. The van der Waals surface area contributed by atoms with Gasteiger partial charge in [-0.1, -0.05) is 60.8 Å². The Bertz CT molecular complexity index is 137. The van der Waals surface area contributed by atoms with Crippen molar-refractivity contribution in [1.29, 1.82) is 0 Å². The van der Waals surface area contributed by atoms with Crippen molar-refractivity contribution >= 4 is 0 Å². The van der Waals surface area contributed by atoms with Gasteiger partial charge in [-0.15, -0.1) is 0 Å². The van der Waals surface area contributed by atoms with Crippen LogP contribution in [0, 0.1) is 17.3 Å². The summed E-state index contributed by atoms with van der Waals surface area (Å²) in [5.41, 5.74) is 0.597. The predicted octanol–water partition coefficient (Wildman–Crippen LogP) is 5.28. The Morgan fingerprint density at radius 2 is 1.64 bits per heavy atom. The van der Waals surface area contributed by atoms with E-state index in [-0.39, 0.29) is 0 Å². The SMILES string of the molecule is CCCCC(C)(CC)CC(C)C(C)C. The molecule has 0 aromatic heterocycles. The lowest BCUT2D eigenvalue weighted by molar-refractivity contribution is 0.188. The minimum Gasteiger partial charge on any atom is -0.0654 e. The summed E-state index contributed by atoms with van der Waals surface area (Å²) in [4.78, 5) is 0. The van der Waals surface area contributed by atoms with Gasteiger partial charge in [0.1, 0.15) is 0 Å². The van der Waals surface area contributed by atoms with Crippen molar-refractivity contribution in [2.24, 2.45) is 17.3 Å². The van der Waals surface area contributed by atoms with E-state index in [1.807, 2.05) is 0 Å². The molecule has 0 bridgehead atoms. The molecule has 0 aliphatic carbocycles. The molecule has 2 unspecified atom stereocenters. The van der Waals surface area contributed by atoms with Crippen LogP contribution in [0.25, 0.3) is 0 Å². The Balaban J connectivity index is 4.09. The summed E-state index contributed by atoms with van der Waals surface area (Å²) in [6.45, 7) is 14.2. The van der Waals surface area contributed by atoms with E-state index in [2.05, 4.69) is 41.5 Å². The molecule has 0 rings (SSSR count). The minimum absolute atomic E-state index is 0.597. The molecule has 0 aliphatic rings. The molecule has 0 saturated carbocycles. The van der Waals surface area contributed by atoms with Gasteiger partial charge in [0.15, 0.2) is 0 Å². The monoisotopic (exact) mass is 198 g/mol. The molecule has 0 amide bonds. The number of unbranched alkanes of at least 4 members (excludes halogenated alkanes) is 1. The topological polar surface area (TPSA) is 0 Å². The van der Waals surface area contributed by atoms with E-state index >= 15 is 0 Å². The maximum absolute atomic E-state index is 2.47. The summed E-state index contributed by atoms with van der Waals surface area (Å²) in [5, 5.41) is 0. The lowest BCUT2D eigenvalue weighted by atomic mass is 9.73. The Morgan fingerprint density at radius 1 is 1.07 bits per heavy atom. The standard InChI is InChI=1S/C14H30/c1-7-9-10-14(6,8-2)11-13(5)12(3)4/h12-13H,7-11H2,1-6H3. The van der Waals surface area contributed by atoms with Gasteiger partial charge in [0.05, 0.1) is 0 Å². The maximum atomic E-state index is 2.47. The Labute approximate surface area is 91.5 Å². The molecule has 0 N–H and O–H groups in total. The number of rotatable bonds is 7. The summed E-state index contributed by atoms with van der Waals surface area (Å²) in [6.07, 6.45) is 6.89. The van der Waals surface area contributed by atoms with Crippen LogP contribution in [0.15, 0.2) is 0 Å². The van der Waals surface area contributed by atoms with E-state index < -0.39 is 0 Å². The average Bonchev–Trinajstić information content (AvgIpc) is 2.14. The van der Waals surface area contributed by atoms with Gasteiger partial charge >= 0.3 is 0 Å². The quantitative estimate of drug-likeness (QED) is 0.522. The van der Waals surface area contributed by atoms with Crippen LogP contribution in [-0.4, -0.2) is 0 Å². The highest BCUT2D eigenvalue weighted by atomic mass is 14.3. The molecule has 0 spiro atoms. The van der Waals surface area contributed by atoms with Crippen molar-refractivity contribution in [1.82, 2.24) is 0 Å². The van der Waals surface area contributed by atoms with E-state index in [0.29, 0.717) is 5.41 Å². The lowest BCUT2D eigenvalue weighted by Crippen LogP contribution is -2.21. The van der Waals surface area contributed by atoms with E-state index in [9.17, 15) is 0 Å². The third-order valence-corrected chi connectivity index (χ3v) is 3.94. The molecule has 86 valence electrons. The predicted molar refractivity (Wildman–Crippen MR) is 66.5 cm³/mol. The zero-order valence-electron chi connectivity index (χ0n) is 11.2. The van der Waals surface area contributed by atoms with Gasteiger partial charge in [0.25, 0.3) is 0 Å². The molecular weight excluding hydrogens is 168 g/mol. The van der Waals surface area contributed by atoms with E-state index in [1.54, 1.807) is 0 Å². The molecule has 14 heavy (non-hydrogen) atoms. The molecule has 0 heteroatoms. The van der Waals surface area contributed by atoms with Gasteiger partial charge in [-0.3, -0.25) is 0 Å². The smallest absolute Gasteiger partial charge is 0.0326 e. The summed E-state index contributed by atoms with van der Waals surface area (Å²) in [5.74, 6) is 1.71. The second kappa shape index (κ2) is 6.48. The van der Waals surface area contributed by atoms with Gasteiger partial charge in [-0.25, -0.2) is 0 Å². The number of hydrogen-bond donors (Lipinski definition) is 0. The maximum Gasteiger partial charge on any atom is -0.0326 e. The van der Waals surface area contributed by atoms with Gasteiger partial charge in [0, 0.05) is 0 Å². The molecular formula is C14H30. The molecule has 0 saturated heterocycles. The fourth-order valence-electron chi connectivity index (χ4n) is 2.04. The second-order valence-electron chi connectivity index (χ2n) is 5.69. The highest BCUT2D eigenvalue weighted by molar-refractivity contribution is 4.76. The van der Waals surface area contributed by atoms with Crippen LogP contribution in [0.5, 0.6) is 0 Å². The van der Waals surface area contributed by atoms with Crippen LogP contribution >= 0.6 is 0 Å². The zero-order valence-corrected chi connectivity index (χ0v) is 11.2. The Kier molecular flexibility index (Phi) is 6.48. The molecule has 0 aliphatic heterocycles. The second-order valence-corrected chi connectivity index (χ2v) is 5.69. The first-order valence-corrected chi connectivity index (χ1v) is 6.45. The minimum atomic E-state index is 0.597. The van der Waals surface area contributed by atoms with Crippen molar-refractivity contribution in [3.63, 3.8) is 0 Å². The van der Waals surface area contributed by atoms with Gasteiger partial charge in [-0.05, 0) is 30.1 Å². The van der Waals surface area contributed by atoms with Gasteiger partial charge in [-0.2, -0.15) is 0 Å². The first kappa shape index (κ1) is 14.0. The van der Waals surface area contributed by atoms with Gasteiger partial charge < -0.3 is 0 Å². The summed E-state index contributed by atoms with van der Waals surface area (Å²) < 4.78 is 0.